The smallest absolute Gasteiger partial charge is 0.315 e. The molecule has 0 bridgehead atoms. The predicted molar refractivity (Wildman–Crippen MR) is 64.3 cm³/mol. The summed E-state index contributed by atoms with van der Waals surface area (Å²) in [6, 6.07) is 2.20. The van der Waals surface area contributed by atoms with E-state index in [4.69, 9.17) is 0 Å². The Morgan fingerprint density at radius 3 is 3.00 bits per heavy atom. The number of nitrogens with one attached hydrogen (secondary N) is 2. The Bertz CT molecular complexity index is 285. The average Bonchev–Trinajstić information content (AvgIpc) is 2.67. The van der Waals surface area contributed by atoms with Crippen molar-refractivity contribution in [2.45, 2.75) is 32.7 Å². The van der Waals surface area contributed by atoms with E-state index in [-0.39, 0.29) is 12.1 Å². The Morgan fingerprint density at radius 2 is 2.40 bits per heavy atom. The maximum atomic E-state index is 11.3. The maximum Gasteiger partial charge on any atom is 0.315 e. The molecule has 2 N–H and O–H groups in total. The van der Waals surface area contributed by atoms with Gasteiger partial charge in [0.1, 0.15) is 0 Å². The summed E-state index contributed by atoms with van der Waals surface area (Å²) in [5.74, 6) is 0. The predicted octanol–water partition coefficient (Wildman–Crippen LogP) is 2.39. The zero-order chi connectivity index (χ0) is 11.1. The number of carbonyl (C=O) groups excluding carboxylic acids is 1. The van der Waals surface area contributed by atoms with Gasteiger partial charge in [0, 0.05) is 12.6 Å². The van der Waals surface area contributed by atoms with Crippen molar-refractivity contribution in [2.75, 3.05) is 6.54 Å². The summed E-state index contributed by atoms with van der Waals surface area (Å²) in [4.78, 5) is 11.3. The maximum absolute atomic E-state index is 11.3. The molecule has 1 heterocycles. The monoisotopic (exact) mass is 226 g/mol. The molecule has 0 spiro atoms. The molecular formula is C11H18N2OS. The molecule has 15 heavy (non-hydrogen) atoms. The van der Waals surface area contributed by atoms with Gasteiger partial charge in [-0.25, -0.2) is 4.79 Å². The number of hydrogen-bond donors (Lipinski definition) is 2. The van der Waals surface area contributed by atoms with Crippen LogP contribution in [0.1, 0.15) is 25.8 Å². The molecule has 1 aromatic rings. The SMILES string of the molecule is CCCNC(=O)NC(C)Cc1ccsc1. The summed E-state index contributed by atoms with van der Waals surface area (Å²) >= 11 is 1.69. The minimum atomic E-state index is -0.0698. The lowest BCUT2D eigenvalue weighted by atomic mass is 10.1. The van der Waals surface area contributed by atoms with Crippen LogP contribution < -0.4 is 10.6 Å². The highest BCUT2D eigenvalue weighted by atomic mass is 32.1. The lowest BCUT2D eigenvalue weighted by Gasteiger charge is -2.13. The molecule has 0 aromatic carbocycles. The summed E-state index contributed by atoms with van der Waals surface area (Å²) < 4.78 is 0. The van der Waals surface area contributed by atoms with Crippen LogP contribution in [0.4, 0.5) is 4.79 Å². The minimum Gasteiger partial charge on any atom is -0.338 e. The Labute approximate surface area is 94.9 Å². The van der Waals surface area contributed by atoms with Gasteiger partial charge in [-0.1, -0.05) is 6.92 Å². The highest BCUT2D eigenvalue weighted by Crippen LogP contribution is 2.08. The Kier molecular flexibility index (Phi) is 5.18. The summed E-state index contributed by atoms with van der Waals surface area (Å²) in [6.07, 6.45) is 1.86. The molecule has 1 unspecified atom stereocenters. The van der Waals surface area contributed by atoms with Crippen molar-refractivity contribution < 1.29 is 4.79 Å². The van der Waals surface area contributed by atoms with E-state index in [1.54, 1.807) is 11.3 Å². The lowest BCUT2D eigenvalue weighted by Crippen LogP contribution is -2.41. The van der Waals surface area contributed by atoms with E-state index < -0.39 is 0 Å². The molecule has 0 aliphatic carbocycles. The number of thiophene rings is 1. The Morgan fingerprint density at radius 1 is 1.60 bits per heavy atom. The van der Waals surface area contributed by atoms with Gasteiger partial charge in [-0.15, -0.1) is 0 Å². The first-order chi connectivity index (χ1) is 7.22. The Hall–Kier alpha value is -1.03. The van der Waals surface area contributed by atoms with Gasteiger partial charge in [0.05, 0.1) is 0 Å². The molecule has 1 aromatic heterocycles. The van der Waals surface area contributed by atoms with E-state index in [0.717, 1.165) is 19.4 Å². The van der Waals surface area contributed by atoms with E-state index in [1.165, 1.54) is 5.56 Å². The fourth-order valence-electron chi connectivity index (χ4n) is 1.33. The summed E-state index contributed by atoms with van der Waals surface area (Å²) in [7, 11) is 0. The third-order valence-corrected chi connectivity index (χ3v) is 2.77. The number of amides is 2. The van der Waals surface area contributed by atoms with Crippen LogP contribution in [-0.4, -0.2) is 18.6 Å². The van der Waals surface area contributed by atoms with Gasteiger partial charge in [-0.05, 0) is 42.2 Å². The third kappa shape index (κ3) is 4.83. The van der Waals surface area contributed by atoms with Crippen LogP contribution >= 0.6 is 11.3 Å². The van der Waals surface area contributed by atoms with E-state index >= 15 is 0 Å². The molecule has 0 fully saturated rings. The van der Waals surface area contributed by atoms with Crippen molar-refractivity contribution in [1.82, 2.24) is 10.6 Å². The fraction of sp³-hybridized carbons (Fsp3) is 0.545. The van der Waals surface area contributed by atoms with Gasteiger partial charge in [0.25, 0.3) is 0 Å². The minimum absolute atomic E-state index is 0.0698. The lowest BCUT2D eigenvalue weighted by molar-refractivity contribution is 0.238. The molecule has 1 rings (SSSR count). The van der Waals surface area contributed by atoms with Crippen LogP contribution in [0.5, 0.6) is 0 Å². The van der Waals surface area contributed by atoms with Crippen molar-refractivity contribution in [3.8, 4) is 0 Å². The second-order valence-electron chi connectivity index (χ2n) is 3.64. The van der Waals surface area contributed by atoms with Crippen molar-refractivity contribution in [2.24, 2.45) is 0 Å². The summed E-state index contributed by atoms with van der Waals surface area (Å²) in [5.41, 5.74) is 1.28. The zero-order valence-electron chi connectivity index (χ0n) is 9.25. The number of rotatable bonds is 5. The molecule has 0 aliphatic rings. The number of hydrogen-bond acceptors (Lipinski definition) is 2. The standard InChI is InChI=1S/C11H18N2OS/c1-3-5-12-11(14)13-9(2)7-10-4-6-15-8-10/h4,6,8-9H,3,5,7H2,1-2H3,(H2,12,13,14). The molecule has 4 heteroatoms. The normalized spacial score (nSPS) is 12.1. The second kappa shape index (κ2) is 6.45. The van der Waals surface area contributed by atoms with Gasteiger partial charge in [-0.2, -0.15) is 11.3 Å². The molecule has 0 saturated carbocycles. The van der Waals surface area contributed by atoms with Gasteiger partial charge in [-0.3, -0.25) is 0 Å². The topological polar surface area (TPSA) is 41.1 Å². The Balaban J connectivity index is 2.23. The van der Waals surface area contributed by atoms with Crippen LogP contribution in [0.15, 0.2) is 16.8 Å². The van der Waals surface area contributed by atoms with E-state index in [9.17, 15) is 4.79 Å². The zero-order valence-corrected chi connectivity index (χ0v) is 10.1. The molecule has 1 atom stereocenters. The van der Waals surface area contributed by atoms with E-state index in [2.05, 4.69) is 27.5 Å². The van der Waals surface area contributed by atoms with Crippen molar-refractivity contribution in [3.05, 3.63) is 22.4 Å². The highest BCUT2D eigenvalue weighted by Gasteiger charge is 2.06. The van der Waals surface area contributed by atoms with Crippen LogP contribution in [0, 0.1) is 0 Å². The first-order valence-corrected chi connectivity index (χ1v) is 6.22. The van der Waals surface area contributed by atoms with E-state index in [0.29, 0.717) is 0 Å². The summed E-state index contributed by atoms with van der Waals surface area (Å²) in [5, 5.41) is 9.87. The molecule has 0 saturated heterocycles. The van der Waals surface area contributed by atoms with Gasteiger partial charge in [0.2, 0.25) is 0 Å². The number of carbonyl (C=O) groups is 1. The average molecular weight is 226 g/mol. The van der Waals surface area contributed by atoms with Crippen LogP contribution in [0.25, 0.3) is 0 Å². The van der Waals surface area contributed by atoms with Crippen molar-refractivity contribution in [1.29, 1.82) is 0 Å². The summed E-state index contributed by atoms with van der Waals surface area (Å²) in [6.45, 7) is 4.79. The quantitative estimate of drug-likeness (QED) is 0.795. The van der Waals surface area contributed by atoms with Crippen LogP contribution in [0.2, 0.25) is 0 Å². The van der Waals surface area contributed by atoms with Crippen molar-refractivity contribution in [3.63, 3.8) is 0 Å². The molecule has 2 amide bonds. The molecule has 0 aliphatic heterocycles. The van der Waals surface area contributed by atoms with Gasteiger partial charge < -0.3 is 10.6 Å². The van der Waals surface area contributed by atoms with Crippen LogP contribution in [0.3, 0.4) is 0 Å². The first kappa shape index (κ1) is 12.0. The third-order valence-electron chi connectivity index (χ3n) is 2.04. The molecule has 3 nitrogen and oxygen atoms in total. The number of urea groups is 1. The highest BCUT2D eigenvalue weighted by molar-refractivity contribution is 7.07. The molecule has 0 radical (unpaired) electrons. The fourth-order valence-corrected chi connectivity index (χ4v) is 2.01. The second-order valence-corrected chi connectivity index (χ2v) is 4.42. The van der Waals surface area contributed by atoms with Gasteiger partial charge in [0.15, 0.2) is 0 Å². The molecule has 84 valence electrons. The molecular weight excluding hydrogens is 208 g/mol. The van der Waals surface area contributed by atoms with Gasteiger partial charge >= 0.3 is 6.03 Å². The van der Waals surface area contributed by atoms with Crippen molar-refractivity contribution >= 4 is 17.4 Å². The van der Waals surface area contributed by atoms with Crippen LogP contribution in [-0.2, 0) is 6.42 Å². The largest absolute Gasteiger partial charge is 0.338 e. The first-order valence-electron chi connectivity index (χ1n) is 5.27. The van der Waals surface area contributed by atoms with E-state index in [1.807, 2.05) is 13.8 Å².